The molecule has 0 saturated carbocycles. The number of hydrogen-bond donors (Lipinski definition) is 0. The monoisotopic (exact) mass is 250 g/mol. The molecular formula is C12H8F2N2O2. The zero-order chi connectivity index (χ0) is 13.1. The molecular weight excluding hydrogens is 242 g/mol. The van der Waals surface area contributed by atoms with E-state index in [9.17, 15) is 18.4 Å². The van der Waals surface area contributed by atoms with Gasteiger partial charge in [-0.2, -0.15) is 0 Å². The molecule has 0 saturated heterocycles. The second-order valence-corrected chi connectivity index (χ2v) is 3.58. The number of carbonyl (C=O) groups is 1. The Labute approximate surface area is 101 Å². The van der Waals surface area contributed by atoms with Crippen molar-refractivity contribution in [2.45, 2.75) is 6.54 Å². The molecule has 0 N–H and O–H groups in total. The summed E-state index contributed by atoms with van der Waals surface area (Å²) in [7, 11) is 0. The first-order valence-corrected chi connectivity index (χ1v) is 5.07. The van der Waals surface area contributed by atoms with Crippen LogP contribution in [-0.2, 0) is 6.54 Å². The van der Waals surface area contributed by atoms with Crippen LogP contribution in [0.15, 0.2) is 41.5 Å². The highest BCUT2D eigenvalue weighted by Gasteiger charge is 2.13. The summed E-state index contributed by atoms with van der Waals surface area (Å²) in [6, 6.07) is 4.14. The average Bonchev–Trinajstić information content (AvgIpc) is 2.32. The van der Waals surface area contributed by atoms with Gasteiger partial charge in [0.05, 0.1) is 12.1 Å². The summed E-state index contributed by atoms with van der Waals surface area (Å²) in [4.78, 5) is 26.5. The lowest BCUT2D eigenvalue weighted by Crippen LogP contribution is -2.25. The molecule has 0 amide bonds. The van der Waals surface area contributed by atoms with E-state index in [4.69, 9.17) is 0 Å². The maximum absolute atomic E-state index is 13.3. The number of rotatable bonds is 3. The van der Waals surface area contributed by atoms with Gasteiger partial charge < -0.3 is 0 Å². The topological polar surface area (TPSA) is 52.0 Å². The molecule has 0 aliphatic carbocycles. The molecule has 0 aliphatic heterocycles. The minimum atomic E-state index is -0.947. The van der Waals surface area contributed by atoms with E-state index >= 15 is 0 Å². The Morgan fingerprint density at radius 3 is 2.78 bits per heavy atom. The Balaban J connectivity index is 2.28. The van der Waals surface area contributed by atoms with E-state index < -0.39 is 23.1 Å². The van der Waals surface area contributed by atoms with Crippen molar-refractivity contribution in [1.29, 1.82) is 0 Å². The molecule has 1 aromatic heterocycles. The molecule has 0 atom stereocenters. The van der Waals surface area contributed by atoms with Gasteiger partial charge in [-0.25, -0.2) is 18.6 Å². The van der Waals surface area contributed by atoms with Crippen LogP contribution in [0.4, 0.5) is 8.78 Å². The standard InChI is InChI=1S/C12H8F2N2O2/c13-8-2-3-9(10(14)6-8)11(17)7-16-5-1-4-15-12(16)18/h1-6H,7H2. The molecule has 1 aromatic carbocycles. The zero-order valence-electron chi connectivity index (χ0n) is 9.14. The van der Waals surface area contributed by atoms with Gasteiger partial charge in [0.15, 0.2) is 5.78 Å². The maximum Gasteiger partial charge on any atom is 0.347 e. The molecule has 1 heterocycles. The summed E-state index contributed by atoms with van der Waals surface area (Å²) in [5.74, 6) is -2.33. The molecule has 0 aliphatic rings. The summed E-state index contributed by atoms with van der Waals surface area (Å²) in [6.45, 7) is -0.338. The first kappa shape index (κ1) is 12.1. The predicted octanol–water partition coefficient (Wildman–Crippen LogP) is 1.40. The highest BCUT2D eigenvalue weighted by molar-refractivity contribution is 5.96. The van der Waals surface area contributed by atoms with E-state index in [0.29, 0.717) is 6.07 Å². The Bertz CT molecular complexity index is 653. The number of ketones is 1. The fourth-order valence-corrected chi connectivity index (χ4v) is 1.46. The molecule has 92 valence electrons. The second kappa shape index (κ2) is 4.87. The van der Waals surface area contributed by atoms with Crippen LogP contribution in [0, 0.1) is 11.6 Å². The third-order valence-corrected chi connectivity index (χ3v) is 2.33. The third kappa shape index (κ3) is 2.48. The number of benzene rings is 1. The lowest BCUT2D eigenvalue weighted by atomic mass is 10.1. The van der Waals surface area contributed by atoms with Crippen molar-refractivity contribution in [2.75, 3.05) is 0 Å². The van der Waals surface area contributed by atoms with Gasteiger partial charge in [0, 0.05) is 18.5 Å². The van der Waals surface area contributed by atoms with Gasteiger partial charge in [-0.05, 0) is 18.2 Å². The van der Waals surface area contributed by atoms with Crippen LogP contribution < -0.4 is 5.69 Å². The molecule has 18 heavy (non-hydrogen) atoms. The molecule has 2 rings (SSSR count). The fraction of sp³-hybridized carbons (Fsp3) is 0.0833. The van der Waals surface area contributed by atoms with Gasteiger partial charge in [-0.15, -0.1) is 0 Å². The highest BCUT2D eigenvalue weighted by Crippen LogP contribution is 2.10. The number of carbonyl (C=O) groups excluding carboxylic acids is 1. The highest BCUT2D eigenvalue weighted by atomic mass is 19.1. The van der Waals surface area contributed by atoms with E-state index in [0.717, 1.165) is 16.7 Å². The summed E-state index contributed by atoms with van der Waals surface area (Å²) in [5, 5.41) is 0. The Hall–Kier alpha value is -2.37. The summed E-state index contributed by atoms with van der Waals surface area (Å²) in [6.07, 6.45) is 2.66. The predicted molar refractivity (Wildman–Crippen MR) is 59.2 cm³/mol. The minimum Gasteiger partial charge on any atom is -0.292 e. The molecule has 0 spiro atoms. The van der Waals surface area contributed by atoms with E-state index in [1.54, 1.807) is 0 Å². The van der Waals surface area contributed by atoms with Gasteiger partial charge >= 0.3 is 5.69 Å². The first-order valence-electron chi connectivity index (χ1n) is 5.07. The summed E-state index contributed by atoms with van der Waals surface area (Å²) >= 11 is 0. The van der Waals surface area contributed by atoms with Crippen molar-refractivity contribution in [3.63, 3.8) is 0 Å². The fourth-order valence-electron chi connectivity index (χ4n) is 1.46. The van der Waals surface area contributed by atoms with Crippen molar-refractivity contribution in [2.24, 2.45) is 0 Å². The van der Waals surface area contributed by atoms with Crippen LogP contribution in [-0.4, -0.2) is 15.3 Å². The van der Waals surface area contributed by atoms with Crippen molar-refractivity contribution >= 4 is 5.78 Å². The SMILES string of the molecule is O=C(Cn1cccnc1=O)c1ccc(F)cc1F. The Kier molecular flexibility index (Phi) is 3.27. The maximum atomic E-state index is 13.3. The molecule has 0 bridgehead atoms. The van der Waals surface area contributed by atoms with Crippen LogP contribution in [0.3, 0.4) is 0 Å². The van der Waals surface area contributed by atoms with Crippen molar-refractivity contribution < 1.29 is 13.6 Å². The summed E-state index contributed by atoms with van der Waals surface area (Å²) in [5.41, 5.74) is -0.861. The molecule has 0 unspecified atom stereocenters. The smallest absolute Gasteiger partial charge is 0.292 e. The zero-order valence-corrected chi connectivity index (χ0v) is 9.14. The Morgan fingerprint density at radius 2 is 2.11 bits per heavy atom. The third-order valence-electron chi connectivity index (χ3n) is 2.33. The lowest BCUT2D eigenvalue weighted by Gasteiger charge is -2.04. The molecule has 0 fully saturated rings. The van der Waals surface area contributed by atoms with Gasteiger partial charge in [0.25, 0.3) is 0 Å². The average molecular weight is 250 g/mol. The van der Waals surface area contributed by atoms with E-state index in [1.165, 1.54) is 18.5 Å². The second-order valence-electron chi connectivity index (χ2n) is 3.58. The first-order chi connectivity index (χ1) is 8.58. The van der Waals surface area contributed by atoms with Crippen molar-refractivity contribution in [1.82, 2.24) is 9.55 Å². The normalized spacial score (nSPS) is 10.3. The van der Waals surface area contributed by atoms with E-state index in [2.05, 4.69) is 4.98 Å². The van der Waals surface area contributed by atoms with Gasteiger partial charge in [0.1, 0.15) is 11.6 Å². The largest absolute Gasteiger partial charge is 0.347 e. The molecule has 6 heteroatoms. The minimum absolute atomic E-state index is 0.257. The number of Topliss-reactive ketones (excluding diaryl/α,β-unsaturated/α-hetero) is 1. The van der Waals surface area contributed by atoms with Gasteiger partial charge in [-0.1, -0.05) is 0 Å². The van der Waals surface area contributed by atoms with Crippen LogP contribution in [0.1, 0.15) is 10.4 Å². The van der Waals surface area contributed by atoms with E-state index in [-0.39, 0.29) is 12.1 Å². The van der Waals surface area contributed by atoms with Crippen LogP contribution >= 0.6 is 0 Å². The number of hydrogen-bond acceptors (Lipinski definition) is 3. The quantitative estimate of drug-likeness (QED) is 0.774. The van der Waals surface area contributed by atoms with Gasteiger partial charge in [0.2, 0.25) is 0 Å². The van der Waals surface area contributed by atoms with Crippen LogP contribution in [0.2, 0.25) is 0 Å². The summed E-state index contributed by atoms with van der Waals surface area (Å²) < 4.78 is 27.1. The molecule has 0 radical (unpaired) electrons. The van der Waals surface area contributed by atoms with Crippen LogP contribution in [0.25, 0.3) is 0 Å². The number of nitrogens with zero attached hydrogens (tertiary/aromatic N) is 2. The van der Waals surface area contributed by atoms with Gasteiger partial charge in [-0.3, -0.25) is 9.36 Å². The molecule has 2 aromatic rings. The lowest BCUT2D eigenvalue weighted by molar-refractivity contribution is 0.0966. The number of aromatic nitrogens is 2. The number of halogens is 2. The van der Waals surface area contributed by atoms with E-state index in [1.807, 2.05) is 0 Å². The van der Waals surface area contributed by atoms with Crippen molar-refractivity contribution in [3.05, 3.63) is 64.3 Å². The molecule has 4 nitrogen and oxygen atoms in total. The Morgan fingerprint density at radius 1 is 1.33 bits per heavy atom. The van der Waals surface area contributed by atoms with Crippen molar-refractivity contribution in [3.8, 4) is 0 Å². The van der Waals surface area contributed by atoms with Crippen LogP contribution in [0.5, 0.6) is 0 Å².